The van der Waals surface area contributed by atoms with Crippen molar-refractivity contribution in [1.82, 2.24) is 9.88 Å². The van der Waals surface area contributed by atoms with E-state index in [1.807, 2.05) is 0 Å². The molecule has 1 aliphatic heterocycles. The predicted molar refractivity (Wildman–Crippen MR) is 83.9 cm³/mol. The van der Waals surface area contributed by atoms with E-state index in [0.717, 1.165) is 37.5 Å². The topological polar surface area (TPSA) is 66.6 Å². The number of aliphatic hydroxyl groups excluding tert-OH is 1. The van der Waals surface area contributed by atoms with Gasteiger partial charge < -0.3 is 14.4 Å². The minimum atomic E-state index is -0.797. The minimum absolute atomic E-state index is 0.0467. The molecule has 4 rings (SSSR count). The molecule has 25 heavy (non-hydrogen) atoms. The van der Waals surface area contributed by atoms with Crippen molar-refractivity contribution >= 4 is 5.91 Å². The highest BCUT2D eigenvalue weighted by atomic mass is 19.1. The highest BCUT2D eigenvalue weighted by Crippen LogP contribution is 2.37. The number of benzene rings is 1. The van der Waals surface area contributed by atoms with E-state index in [2.05, 4.69) is 4.98 Å². The number of halogens is 2. The van der Waals surface area contributed by atoms with Crippen molar-refractivity contribution in [3.05, 3.63) is 53.2 Å². The Morgan fingerprint density at radius 2 is 2.12 bits per heavy atom. The zero-order valence-electron chi connectivity index (χ0n) is 13.5. The van der Waals surface area contributed by atoms with Gasteiger partial charge in [0.25, 0.3) is 5.91 Å². The normalized spacial score (nSPS) is 23.7. The van der Waals surface area contributed by atoms with Crippen LogP contribution in [0, 0.1) is 11.6 Å². The number of carbonyl (C=O) groups is 1. The highest BCUT2D eigenvalue weighted by Gasteiger charge is 2.38. The Morgan fingerprint density at radius 1 is 1.32 bits per heavy atom. The molecule has 5 nitrogen and oxygen atoms in total. The summed E-state index contributed by atoms with van der Waals surface area (Å²) in [6.07, 6.45) is 3.77. The fourth-order valence-corrected chi connectivity index (χ4v) is 3.48. The van der Waals surface area contributed by atoms with Crippen molar-refractivity contribution in [3.63, 3.8) is 0 Å². The van der Waals surface area contributed by atoms with Gasteiger partial charge in [0.05, 0.1) is 12.1 Å². The van der Waals surface area contributed by atoms with Crippen molar-refractivity contribution in [2.24, 2.45) is 0 Å². The van der Waals surface area contributed by atoms with Crippen LogP contribution in [0.1, 0.15) is 59.6 Å². The van der Waals surface area contributed by atoms with Crippen LogP contribution in [-0.4, -0.2) is 33.5 Å². The van der Waals surface area contributed by atoms with E-state index in [4.69, 9.17) is 4.42 Å². The van der Waals surface area contributed by atoms with Crippen LogP contribution < -0.4 is 0 Å². The molecule has 1 amide bonds. The number of hydrogen-bond donors (Lipinski definition) is 1. The van der Waals surface area contributed by atoms with Gasteiger partial charge in [-0.2, -0.15) is 0 Å². The summed E-state index contributed by atoms with van der Waals surface area (Å²) in [5, 5.41) is 9.97. The number of nitrogens with zero attached hydrogens (tertiary/aromatic N) is 2. The van der Waals surface area contributed by atoms with Gasteiger partial charge in [-0.25, -0.2) is 13.8 Å². The van der Waals surface area contributed by atoms with Crippen LogP contribution in [0.4, 0.5) is 8.78 Å². The minimum Gasteiger partial charge on any atom is -0.448 e. The molecule has 7 heteroatoms. The van der Waals surface area contributed by atoms with Gasteiger partial charge >= 0.3 is 0 Å². The predicted octanol–water partition coefficient (Wildman–Crippen LogP) is 3.17. The number of rotatable bonds is 3. The lowest BCUT2D eigenvalue weighted by Gasteiger charge is -2.24. The fourth-order valence-electron chi connectivity index (χ4n) is 3.48. The molecular weight excluding hydrogens is 330 g/mol. The molecule has 1 aromatic carbocycles. The molecule has 0 unspecified atom stereocenters. The third-order valence-corrected chi connectivity index (χ3v) is 5.05. The maximum Gasteiger partial charge on any atom is 0.276 e. The zero-order chi connectivity index (χ0) is 17.6. The summed E-state index contributed by atoms with van der Waals surface area (Å²) in [6.45, 7) is 0.0467. The zero-order valence-corrected chi connectivity index (χ0v) is 13.5. The van der Waals surface area contributed by atoms with Crippen LogP contribution in [0.2, 0.25) is 0 Å². The second-order valence-electron chi connectivity index (χ2n) is 6.73. The molecular formula is C18H18F2N2O3. The molecule has 1 N–H and O–H groups in total. The fraction of sp³-hybridized carbons (Fsp3) is 0.444. The molecule has 0 radical (unpaired) electrons. The summed E-state index contributed by atoms with van der Waals surface area (Å²) in [7, 11) is 0. The van der Waals surface area contributed by atoms with E-state index < -0.39 is 29.7 Å². The van der Waals surface area contributed by atoms with Gasteiger partial charge in [-0.15, -0.1) is 0 Å². The van der Waals surface area contributed by atoms with E-state index in [1.54, 1.807) is 0 Å². The second-order valence-corrected chi connectivity index (χ2v) is 6.73. The Kier molecular flexibility index (Phi) is 4.03. The van der Waals surface area contributed by atoms with E-state index in [-0.39, 0.29) is 30.1 Å². The average molecular weight is 348 g/mol. The summed E-state index contributed by atoms with van der Waals surface area (Å²) in [5.41, 5.74) is 0.199. The molecule has 1 aliphatic carbocycles. The summed E-state index contributed by atoms with van der Waals surface area (Å²) in [5.74, 6) is -0.836. The monoisotopic (exact) mass is 348 g/mol. The Morgan fingerprint density at radius 3 is 2.84 bits per heavy atom. The number of aliphatic hydroxyl groups is 1. The smallest absolute Gasteiger partial charge is 0.276 e. The lowest BCUT2D eigenvalue weighted by molar-refractivity contribution is 0.0707. The van der Waals surface area contributed by atoms with E-state index in [1.165, 1.54) is 11.2 Å². The molecule has 0 bridgehead atoms. The van der Waals surface area contributed by atoms with Gasteiger partial charge in [0.15, 0.2) is 11.6 Å². The van der Waals surface area contributed by atoms with Gasteiger partial charge in [0, 0.05) is 18.0 Å². The number of likely N-dealkylation sites (tertiary alicyclic amines) is 1. The van der Waals surface area contributed by atoms with Crippen LogP contribution >= 0.6 is 0 Å². The van der Waals surface area contributed by atoms with Crippen LogP contribution in [0.5, 0.6) is 0 Å². The van der Waals surface area contributed by atoms with E-state index in [9.17, 15) is 18.7 Å². The van der Waals surface area contributed by atoms with E-state index >= 15 is 0 Å². The summed E-state index contributed by atoms with van der Waals surface area (Å²) in [4.78, 5) is 18.4. The molecule has 1 saturated heterocycles. The third kappa shape index (κ3) is 2.93. The summed E-state index contributed by atoms with van der Waals surface area (Å²) < 4.78 is 33.1. The number of oxazole rings is 1. The van der Waals surface area contributed by atoms with Gasteiger partial charge in [0.2, 0.25) is 0 Å². The van der Waals surface area contributed by atoms with Gasteiger partial charge in [-0.3, -0.25) is 4.79 Å². The maximum absolute atomic E-state index is 14.1. The van der Waals surface area contributed by atoms with Crippen LogP contribution in [0.3, 0.4) is 0 Å². The lowest BCUT2D eigenvalue weighted by atomic mass is 9.85. The van der Waals surface area contributed by atoms with Crippen molar-refractivity contribution in [2.45, 2.75) is 43.7 Å². The summed E-state index contributed by atoms with van der Waals surface area (Å²) >= 11 is 0. The van der Waals surface area contributed by atoms with Crippen molar-refractivity contribution in [2.75, 3.05) is 6.54 Å². The molecule has 0 spiro atoms. The Labute approximate surface area is 143 Å². The first-order chi connectivity index (χ1) is 12.0. The van der Waals surface area contributed by atoms with Gasteiger partial charge in [0.1, 0.15) is 17.9 Å². The second kappa shape index (κ2) is 6.22. The SMILES string of the molecule is O=C(c1coc(C2CCC2)n1)N1C[C@@H](O)C[C@@H]1c1cc(F)ccc1F. The molecule has 2 aliphatic rings. The average Bonchev–Trinajstić information content (AvgIpc) is 3.14. The van der Waals surface area contributed by atoms with E-state index in [0.29, 0.717) is 5.89 Å². The maximum atomic E-state index is 14.1. The molecule has 2 heterocycles. The number of aromatic nitrogens is 1. The first-order valence-electron chi connectivity index (χ1n) is 8.42. The number of β-amino-alcohol motifs (C(OH)–C–C–N with tert-alkyl or cyclic N) is 1. The molecule has 1 saturated carbocycles. The summed E-state index contributed by atoms with van der Waals surface area (Å²) in [6, 6.07) is 2.39. The molecule has 132 valence electrons. The number of amides is 1. The largest absolute Gasteiger partial charge is 0.448 e. The number of hydrogen-bond acceptors (Lipinski definition) is 4. The standard InChI is InChI=1S/C18H18F2N2O3/c19-11-4-5-14(20)13(6-11)16-7-12(23)8-22(16)18(24)15-9-25-17(21-15)10-2-1-3-10/h4-6,9-10,12,16,23H,1-3,7-8H2/t12-,16+/m0/s1. The highest BCUT2D eigenvalue weighted by molar-refractivity contribution is 5.92. The van der Waals surface area contributed by atoms with Crippen LogP contribution in [0.25, 0.3) is 0 Å². The van der Waals surface area contributed by atoms with Crippen molar-refractivity contribution < 1.29 is 23.1 Å². The van der Waals surface area contributed by atoms with Crippen LogP contribution in [-0.2, 0) is 0 Å². The molecule has 1 aromatic heterocycles. The first kappa shape index (κ1) is 16.2. The Balaban J connectivity index is 1.61. The van der Waals surface area contributed by atoms with Crippen molar-refractivity contribution in [1.29, 1.82) is 0 Å². The Bertz CT molecular complexity index is 803. The lowest BCUT2D eigenvalue weighted by Crippen LogP contribution is -2.32. The van der Waals surface area contributed by atoms with Crippen LogP contribution in [0.15, 0.2) is 28.9 Å². The molecule has 2 atom stereocenters. The number of carbonyl (C=O) groups excluding carboxylic acids is 1. The van der Waals surface area contributed by atoms with Gasteiger partial charge in [-0.05, 0) is 37.5 Å². The first-order valence-corrected chi connectivity index (χ1v) is 8.42. The van der Waals surface area contributed by atoms with Crippen molar-refractivity contribution in [3.8, 4) is 0 Å². The van der Waals surface area contributed by atoms with Gasteiger partial charge in [-0.1, -0.05) is 6.42 Å². The molecule has 2 aromatic rings. The third-order valence-electron chi connectivity index (χ3n) is 5.05. The quantitative estimate of drug-likeness (QED) is 0.925. The molecule has 2 fully saturated rings. The Hall–Kier alpha value is -2.28.